The molecule has 4 aromatic rings. The summed E-state index contributed by atoms with van der Waals surface area (Å²) >= 11 is 26.7. The van der Waals surface area contributed by atoms with Gasteiger partial charge >= 0.3 is 0 Å². The number of anilines is 2. The smallest absolute Gasteiger partial charge is 0.206 e. The van der Waals surface area contributed by atoms with E-state index in [-0.39, 0.29) is 80.0 Å². The lowest BCUT2D eigenvalue weighted by molar-refractivity contribution is 0.443. The predicted octanol–water partition coefficient (Wildman–Crippen LogP) is 13.8. The molecule has 0 aliphatic carbocycles. The number of para-hydroxylation sites is 2. The molecule has 2 heterocycles. The Labute approximate surface area is 372 Å². The molecule has 0 amide bonds. The number of aliphatic imine (C=N–C) groups is 4. The van der Waals surface area contributed by atoms with E-state index >= 15 is 0 Å². The molecule has 2 aliphatic heterocycles. The van der Waals surface area contributed by atoms with E-state index in [4.69, 9.17) is 55.9 Å². The lowest BCUT2D eigenvalue weighted by atomic mass is 10.2. The number of halogens is 8. The molecular weight excluding hydrogens is 906 g/mol. The maximum absolute atomic E-state index is 14.6. The summed E-state index contributed by atoms with van der Waals surface area (Å²) in [5.74, 6) is -1.35. The van der Waals surface area contributed by atoms with Crippen LogP contribution in [-0.4, -0.2) is 38.4 Å². The average Bonchev–Trinajstić information content (AvgIpc) is 3.26. The number of allylic oxidation sites excluding steroid dienone is 4. The third-order valence-corrected chi connectivity index (χ3v) is 10.6. The minimum absolute atomic E-state index is 0.0108. The fourth-order valence-electron chi connectivity index (χ4n) is 4.65. The van der Waals surface area contributed by atoms with Crippen LogP contribution in [0.2, 0.25) is 20.1 Å². The normalized spacial score (nSPS) is 14.6. The van der Waals surface area contributed by atoms with Crippen LogP contribution in [0.1, 0.15) is 13.8 Å². The Morgan fingerprint density at radius 1 is 0.650 bits per heavy atom. The zero-order valence-corrected chi connectivity index (χ0v) is 36.3. The van der Waals surface area contributed by atoms with Crippen LogP contribution >= 0.6 is 70.3 Å². The second-order valence-corrected chi connectivity index (χ2v) is 14.4. The van der Waals surface area contributed by atoms with Crippen LogP contribution < -0.4 is 29.6 Å². The van der Waals surface area contributed by atoms with Gasteiger partial charge in [0.15, 0.2) is 17.3 Å². The highest BCUT2D eigenvalue weighted by molar-refractivity contribution is 7.98. The molecule has 0 bridgehead atoms. The van der Waals surface area contributed by atoms with Crippen molar-refractivity contribution < 1.29 is 27.0 Å². The van der Waals surface area contributed by atoms with Gasteiger partial charge in [-0.15, -0.1) is 0 Å². The van der Waals surface area contributed by atoms with E-state index in [0.717, 1.165) is 48.2 Å². The Morgan fingerprint density at radius 3 is 1.55 bits per heavy atom. The van der Waals surface area contributed by atoms with Gasteiger partial charge in [-0.2, -0.15) is 0 Å². The number of rotatable bonds is 12. The predicted molar refractivity (Wildman–Crippen MR) is 243 cm³/mol. The lowest BCUT2D eigenvalue weighted by Gasteiger charge is -2.24. The standard InChI is InChI=1S/2C19H14Cl2F2N4OS.C2H6/c1-3-12(22)14(24-2)9-25-19-26-16-17(28-15-7-5-4-6-10(15)20)13(23)8-11(21)18(16)29-27-19;1-3-12(22)14(24-2)9-25-19-26-16-17(28-15-7-5-4-6-10(15)20)11(21)8-13(23)18(16)29-27-19;1-2/h2*3-8H,1-2,9H2,(H2,25,26,27);1-2H3/b2*14-12+;. The summed E-state index contributed by atoms with van der Waals surface area (Å²) in [5, 5.41) is 6.74. The van der Waals surface area contributed by atoms with E-state index < -0.39 is 23.3 Å². The molecule has 0 fully saturated rings. The van der Waals surface area contributed by atoms with Crippen molar-refractivity contribution >= 4 is 107 Å². The first-order valence-corrected chi connectivity index (χ1v) is 20.4. The van der Waals surface area contributed by atoms with Gasteiger partial charge in [0.2, 0.25) is 11.9 Å². The molecule has 10 nitrogen and oxygen atoms in total. The lowest BCUT2D eigenvalue weighted by Crippen LogP contribution is -2.30. The largest absolute Gasteiger partial charge is 0.452 e. The molecule has 4 aromatic carbocycles. The van der Waals surface area contributed by atoms with Crippen LogP contribution in [0.25, 0.3) is 0 Å². The minimum atomic E-state index is -0.686. The van der Waals surface area contributed by atoms with Gasteiger partial charge in [-0.05, 0) is 85.9 Å². The zero-order chi connectivity index (χ0) is 43.9. The third-order valence-electron chi connectivity index (χ3n) is 7.43. The molecule has 0 atom stereocenters. The number of nitrogens with one attached hydrogen (secondary N) is 4. The van der Waals surface area contributed by atoms with Crippen molar-refractivity contribution in [1.82, 2.24) is 9.44 Å². The van der Waals surface area contributed by atoms with Crippen LogP contribution in [0.15, 0.2) is 139 Å². The van der Waals surface area contributed by atoms with E-state index in [1.807, 2.05) is 13.8 Å². The van der Waals surface area contributed by atoms with E-state index in [1.54, 1.807) is 48.5 Å². The van der Waals surface area contributed by atoms with E-state index in [1.165, 1.54) is 0 Å². The van der Waals surface area contributed by atoms with Crippen molar-refractivity contribution in [3.8, 4) is 23.0 Å². The minimum Gasteiger partial charge on any atom is -0.452 e. The zero-order valence-electron chi connectivity index (χ0n) is 31.6. The Balaban J connectivity index is 0.000000254. The van der Waals surface area contributed by atoms with Crippen LogP contribution in [0.4, 0.5) is 28.9 Å². The Kier molecular flexibility index (Phi) is 18.3. The molecular formula is C40H34Cl4F4N8O2S2. The number of fused-ring (bicyclic) bond motifs is 2. The van der Waals surface area contributed by atoms with Gasteiger partial charge in [-0.3, -0.25) is 19.4 Å². The van der Waals surface area contributed by atoms with Gasteiger partial charge < -0.3 is 20.1 Å². The van der Waals surface area contributed by atoms with E-state index in [2.05, 4.69) is 66.6 Å². The Bertz CT molecular complexity index is 2250. The Morgan fingerprint density at radius 2 is 1.08 bits per heavy atom. The van der Waals surface area contributed by atoms with Crippen molar-refractivity contribution in [1.29, 1.82) is 0 Å². The topological polar surface area (TPSA) is 116 Å². The first-order chi connectivity index (χ1) is 28.9. The highest BCUT2D eigenvalue weighted by Gasteiger charge is 2.27. The van der Waals surface area contributed by atoms with Crippen LogP contribution in [0.3, 0.4) is 0 Å². The number of ether oxygens (including phenoxy) is 2. The van der Waals surface area contributed by atoms with Gasteiger partial charge in [-0.1, -0.05) is 97.7 Å². The quantitative estimate of drug-likeness (QED) is 0.0480. The second kappa shape index (κ2) is 23.0. The van der Waals surface area contributed by atoms with Gasteiger partial charge in [0.05, 0.1) is 54.4 Å². The molecule has 0 spiro atoms. The third kappa shape index (κ3) is 12.0. The second-order valence-electron chi connectivity index (χ2n) is 11.1. The summed E-state index contributed by atoms with van der Waals surface area (Å²) in [6.45, 7) is 17.1. The SMILES string of the molecule is C=C/C(F)=C(/CN=C1NSc2c(Cl)cc(F)c(Oc3ccccc3Cl)c2N1)N=C.C=C/C(F)=C(/CN=C1NSc2c(F)cc(Cl)c(Oc3ccccc3Cl)c2N1)N=C.CC. The fraction of sp³-hybridized carbons (Fsp3) is 0.100. The molecule has 0 saturated heterocycles. The summed E-state index contributed by atoms with van der Waals surface area (Å²) in [7, 11) is 0. The van der Waals surface area contributed by atoms with Gasteiger partial charge in [-0.25, -0.2) is 27.5 Å². The summed E-state index contributed by atoms with van der Waals surface area (Å²) in [6, 6.07) is 15.8. The van der Waals surface area contributed by atoms with Gasteiger partial charge in [0.1, 0.15) is 40.3 Å². The average molecular weight is 941 g/mol. The summed E-state index contributed by atoms with van der Waals surface area (Å²) < 4.78 is 73.6. The van der Waals surface area contributed by atoms with Crippen LogP contribution in [-0.2, 0) is 0 Å². The molecule has 0 saturated carbocycles. The summed E-state index contributed by atoms with van der Waals surface area (Å²) in [5.41, 5.74) is 0.547. The molecule has 20 heteroatoms. The number of benzene rings is 4. The molecule has 0 radical (unpaired) electrons. The van der Waals surface area contributed by atoms with Crippen LogP contribution in [0, 0.1) is 11.6 Å². The first kappa shape index (κ1) is 47.6. The fourth-order valence-corrected chi connectivity index (χ4v) is 6.96. The van der Waals surface area contributed by atoms with Crippen molar-refractivity contribution in [2.45, 2.75) is 23.6 Å². The molecule has 0 unspecified atom stereocenters. The number of nitrogens with zero attached hydrogens (tertiary/aromatic N) is 4. The molecule has 0 aromatic heterocycles. The summed E-state index contributed by atoms with van der Waals surface area (Å²) in [4.78, 5) is 16.3. The monoisotopic (exact) mass is 938 g/mol. The van der Waals surface area contributed by atoms with Crippen molar-refractivity contribution in [3.63, 3.8) is 0 Å². The van der Waals surface area contributed by atoms with Crippen molar-refractivity contribution in [2.75, 3.05) is 23.7 Å². The van der Waals surface area contributed by atoms with E-state index in [9.17, 15) is 17.6 Å². The molecule has 2 aliphatic rings. The molecule has 314 valence electrons. The highest BCUT2D eigenvalue weighted by atomic mass is 35.5. The maximum atomic E-state index is 14.6. The van der Waals surface area contributed by atoms with Gasteiger partial charge in [0, 0.05) is 0 Å². The molecule has 4 N–H and O–H groups in total. The first-order valence-electron chi connectivity index (χ1n) is 17.2. The van der Waals surface area contributed by atoms with Gasteiger partial charge in [0.25, 0.3) is 0 Å². The summed E-state index contributed by atoms with van der Waals surface area (Å²) in [6.07, 6.45) is 2.03. The van der Waals surface area contributed by atoms with Crippen molar-refractivity contribution in [2.24, 2.45) is 20.0 Å². The maximum Gasteiger partial charge on any atom is 0.206 e. The molecule has 6 rings (SSSR count). The van der Waals surface area contributed by atoms with E-state index in [0.29, 0.717) is 20.7 Å². The number of hydrogen-bond acceptors (Lipinski definition) is 8. The number of hydrogen-bond donors (Lipinski definition) is 4. The van der Waals surface area contributed by atoms with Crippen LogP contribution in [0.5, 0.6) is 23.0 Å². The number of guanidine groups is 2. The molecule has 60 heavy (non-hydrogen) atoms. The van der Waals surface area contributed by atoms with Crippen molar-refractivity contribution in [3.05, 3.63) is 141 Å². The highest BCUT2D eigenvalue weighted by Crippen LogP contribution is 2.47. The Hall–Kier alpha value is -5.10.